The molecule has 0 N–H and O–H groups in total. The van der Waals surface area contributed by atoms with Gasteiger partial charge in [-0.1, -0.05) is 74.8 Å². The molecule has 0 radical (unpaired) electrons. The van der Waals surface area contributed by atoms with Crippen molar-refractivity contribution in [2.24, 2.45) is 5.41 Å². The molecular weight excluding hydrogens is 493 g/mol. The molecule has 2 aromatic rings. The molecule has 0 fully saturated rings. The molecule has 1 aliphatic rings. The molecule has 158 valence electrons. The SMILES string of the molecule is CC(C)P(c1cc2ccccc2[cH-]1)C(C)C.CC1=[C-]C(C)(C)C(C)=C1C.[Cl-].[Cl-].[Zr+4]. The first kappa shape index (κ1) is 31.4. The van der Waals surface area contributed by atoms with Crippen LogP contribution >= 0.6 is 7.92 Å². The minimum Gasteiger partial charge on any atom is -1.00 e. The largest absolute Gasteiger partial charge is 4.00 e. The summed E-state index contributed by atoms with van der Waals surface area (Å²) in [5, 5.41) is 4.36. The van der Waals surface area contributed by atoms with Crippen molar-refractivity contribution in [3.05, 3.63) is 59.2 Å². The van der Waals surface area contributed by atoms with E-state index in [-0.39, 0.29) is 64.4 Å². The maximum atomic E-state index is 3.44. The Balaban J connectivity index is 0. The smallest absolute Gasteiger partial charge is 1.00 e. The molecule has 0 atom stereocenters. The molecule has 0 amide bonds. The molecule has 0 unspecified atom stereocenters. The maximum Gasteiger partial charge on any atom is 4.00 e. The molecule has 0 bridgehead atoms. The molecule has 0 aromatic heterocycles. The van der Waals surface area contributed by atoms with Crippen molar-refractivity contribution in [2.45, 2.75) is 73.6 Å². The zero-order valence-electron chi connectivity index (χ0n) is 19.3. The van der Waals surface area contributed by atoms with Crippen LogP contribution < -0.4 is 30.1 Å². The van der Waals surface area contributed by atoms with Gasteiger partial charge in [-0.3, -0.25) is 6.08 Å². The first-order chi connectivity index (χ1) is 12.0. The van der Waals surface area contributed by atoms with Gasteiger partial charge in [-0.15, -0.1) is 47.3 Å². The van der Waals surface area contributed by atoms with Crippen LogP contribution in [0.2, 0.25) is 0 Å². The Bertz CT molecular complexity index is 787. The predicted octanol–water partition coefficient (Wildman–Crippen LogP) is 1.60. The van der Waals surface area contributed by atoms with Gasteiger partial charge in [0, 0.05) is 0 Å². The van der Waals surface area contributed by atoms with Crippen molar-refractivity contribution in [3.8, 4) is 0 Å². The Kier molecular flexibility index (Phi) is 14.0. The third kappa shape index (κ3) is 7.68. The van der Waals surface area contributed by atoms with E-state index in [1.54, 1.807) is 5.30 Å². The van der Waals surface area contributed by atoms with Crippen LogP contribution in [0.5, 0.6) is 0 Å². The Morgan fingerprint density at radius 3 is 1.79 bits per heavy atom. The molecule has 29 heavy (non-hydrogen) atoms. The van der Waals surface area contributed by atoms with Crippen molar-refractivity contribution >= 4 is 24.0 Å². The maximum absolute atomic E-state index is 3.44. The van der Waals surface area contributed by atoms with Gasteiger partial charge in [0.1, 0.15) is 0 Å². The molecule has 2 aromatic carbocycles. The van der Waals surface area contributed by atoms with Crippen LogP contribution in [0.15, 0.2) is 53.1 Å². The van der Waals surface area contributed by atoms with Gasteiger partial charge in [0.05, 0.1) is 0 Å². The van der Waals surface area contributed by atoms with Crippen molar-refractivity contribution < 1.29 is 51.0 Å². The van der Waals surface area contributed by atoms with Gasteiger partial charge < -0.3 is 24.8 Å². The summed E-state index contributed by atoms with van der Waals surface area (Å²) in [6.07, 6.45) is 3.44. The van der Waals surface area contributed by atoms with Crippen LogP contribution in [0, 0.1) is 11.5 Å². The fourth-order valence-electron chi connectivity index (χ4n) is 3.88. The van der Waals surface area contributed by atoms with Crippen molar-refractivity contribution in [3.63, 3.8) is 0 Å². The zero-order chi connectivity index (χ0) is 19.6. The number of halogens is 2. The van der Waals surface area contributed by atoms with E-state index in [1.807, 2.05) is 0 Å². The van der Waals surface area contributed by atoms with Crippen LogP contribution in [-0.2, 0) is 26.2 Å². The summed E-state index contributed by atoms with van der Waals surface area (Å²) in [5.41, 5.74) is 5.94. The van der Waals surface area contributed by atoms with Crippen LogP contribution in [0.1, 0.15) is 62.3 Å². The minimum atomic E-state index is -0.0206. The second-order valence-corrected chi connectivity index (χ2v) is 12.0. The number of benzene rings is 1. The van der Waals surface area contributed by atoms with Gasteiger partial charge in [-0.2, -0.15) is 17.2 Å². The summed E-state index contributed by atoms with van der Waals surface area (Å²) >= 11 is 0. The first-order valence-electron chi connectivity index (χ1n) is 9.78. The number of allylic oxidation sites excluding steroid dienone is 4. The van der Waals surface area contributed by atoms with Gasteiger partial charge in [0.15, 0.2) is 0 Å². The summed E-state index contributed by atoms with van der Waals surface area (Å²) in [7, 11) is -0.0206. The quantitative estimate of drug-likeness (QED) is 0.420. The average Bonchev–Trinajstić information content (AvgIpc) is 3.02. The van der Waals surface area contributed by atoms with Crippen LogP contribution in [0.3, 0.4) is 0 Å². The van der Waals surface area contributed by atoms with Crippen LogP contribution in [0.4, 0.5) is 0 Å². The third-order valence-corrected chi connectivity index (χ3v) is 8.66. The van der Waals surface area contributed by atoms with Gasteiger partial charge in [0.25, 0.3) is 0 Å². The van der Waals surface area contributed by atoms with Gasteiger partial charge in [-0.25, -0.2) is 5.57 Å². The predicted molar refractivity (Wildman–Crippen MR) is 121 cm³/mol. The average molecular weight is 529 g/mol. The molecule has 0 nitrogen and oxygen atoms in total. The van der Waals surface area contributed by atoms with E-state index >= 15 is 0 Å². The van der Waals surface area contributed by atoms with E-state index in [9.17, 15) is 0 Å². The topological polar surface area (TPSA) is 0 Å². The Morgan fingerprint density at radius 2 is 1.45 bits per heavy atom. The summed E-state index contributed by atoms with van der Waals surface area (Å²) in [6.45, 7) is 20.3. The van der Waals surface area contributed by atoms with E-state index in [0.29, 0.717) is 0 Å². The van der Waals surface area contributed by atoms with E-state index in [1.165, 1.54) is 27.5 Å². The van der Waals surface area contributed by atoms with E-state index in [0.717, 1.165) is 11.3 Å². The number of hydrogen-bond donors (Lipinski definition) is 0. The summed E-state index contributed by atoms with van der Waals surface area (Å²) in [6, 6.07) is 13.5. The monoisotopic (exact) mass is 526 g/mol. The molecule has 0 aliphatic heterocycles. The molecule has 4 heteroatoms. The normalized spacial score (nSPS) is 14.8. The summed E-state index contributed by atoms with van der Waals surface area (Å²) < 4.78 is 0. The minimum absolute atomic E-state index is 0. The zero-order valence-corrected chi connectivity index (χ0v) is 24.2. The fraction of sp³-hybridized carbons (Fsp3) is 0.480. The molecule has 1 aliphatic carbocycles. The molecule has 0 heterocycles. The van der Waals surface area contributed by atoms with Crippen LogP contribution in [0.25, 0.3) is 10.8 Å². The van der Waals surface area contributed by atoms with Gasteiger partial charge >= 0.3 is 26.2 Å². The van der Waals surface area contributed by atoms with Gasteiger partial charge in [0.2, 0.25) is 0 Å². The number of hydrogen-bond acceptors (Lipinski definition) is 0. The van der Waals surface area contributed by atoms with Crippen molar-refractivity contribution in [1.29, 1.82) is 0 Å². The Morgan fingerprint density at radius 1 is 0.931 bits per heavy atom. The first-order valence-corrected chi connectivity index (χ1v) is 11.3. The van der Waals surface area contributed by atoms with Crippen molar-refractivity contribution in [2.75, 3.05) is 0 Å². The summed E-state index contributed by atoms with van der Waals surface area (Å²) in [4.78, 5) is 0. The standard InChI is InChI=1S/C15H20P.C10H15.2ClH.Zr/c1-11(2)16(12(3)4)15-9-13-7-5-6-8-14(13)10-15;1-7-6-10(4,5)9(3)8(7)2;;;/h5-12H,1-4H3;1-5H3;2*1H;/q2*-1;;;+4/p-2. The molecule has 0 saturated heterocycles. The van der Waals surface area contributed by atoms with Crippen molar-refractivity contribution in [1.82, 2.24) is 0 Å². The number of rotatable bonds is 3. The third-order valence-electron chi connectivity index (χ3n) is 5.58. The van der Waals surface area contributed by atoms with Crippen LogP contribution in [-0.4, -0.2) is 11.3 Å². The molecule has 3 rings (SSSR count). The van der Waals surface area contributed by atoms with E-state index in [4.69, 9.17) is 0 Å². The Labute approximate surface area is 212 Å². The molecule has 0 saturated carbocycles. The Hall–Kier alpha value is 0.203. The number of fused-ring (bicyclic) bond motifs is 1. The molecule has 0 spiro atoms. The second-order valence-electron chi connectivity index (χ2n) is 8.56. The van der Waals surface area contributed by atoms with E-state index in [2.05, 4.69) is 105 Å². The summed E-state index contributed by atoms with van der Waals surface area (Å²) in [5.74, 6) is 0. The fourth-order valence-corrected chi connectivity index (χ4v) is 6.84. The van der Waals surface area contributed by atoms with Gasteiger partial charge in [-0.05, 0) is 11.3 Å². The second kappa shape index (κ2) is 12.9. The van der Waals surface area contributed by atoms with E-state index < -0.39 is 0 Å². The molecular formula is C25H35Cl2PZr.